The highest BCUT2D eigenvalue weighted by atomic mass is 35.5. The van der Waals surface area contributed by atoms with Crippen LogP contribution < -0.4 is 14.2 Å². The molecule has 0 aliphatic rings. The molecule has 2 heterocycles. The Bertz CT molecular complexity index is 3080. The summed E-state index contributed by atoms with van der Waals surface area (Å²) < 4.78 is 75.4. The normalized spacial score (nSPS) is 11.2. The van der Waals surface area contributed by atoms with E-state index in [1.165, 1.54) is 67.8 Å². The number of rotatable bonds is 13. The molecule has 0 spiro atoms. The zero-order chi connectivity index (χ0) is 46.6. The average Bonchev–Trinajstić information content (AvgIpc) is 3.22. The van der Waals surface area contributed by atoms with E-state index in [1.54, 1.807) is 13.8 Å². The molecule has 6 rings (SSSR count). The van der Waals surface area contributed by atoms with Crippen LogP contribution in [0.5, 0.6) is 5.75 Å². The van der Waals surface area contributed by atoms with Crippen molar-refractivity contribution >= 4 is 101 Å². The number of halogens is 5. The lowest BCUT2D eigenvalue weighted by atomic mass is 10.00. The van der Waals surface area contributed by atoms with E-state index in [1.807, 2.05) is 0 Å². The number of ketones is 2. The zero-order valence-electron chi connectivity index (χ0n) is 32.4. The summed E-state index contributed by atoms with van der Waals surface area (Å²) in [6.07, 6.45) is 2.21. The Hall–Kier alpha value is -6.15. The molecule has 326 valence electrons. The van der Waals surface area contributed by atoms with Gasteiger partial charge in [-0.2, -0.15) is 0 Å². The summed E-state index contributed by atoms with van der Waals surface area (Å²) in [6.45, 7) is 3.26. The quantitative estimate of drug-likeness (QED) is 0.0792. The molecule has 15 nitrogen and oxygen atoms in total. The van der Waals surface area contributed by atoms with Crippen LogP contribution in [0, 0.1) is 19.7 Å². The van der Waals surface area contributed by atoms with Crippen molar-refractivity contribution in [1.29, 1.82) is 0 Å². The summed E-state index contributed by atoms with van der Waals surface area (Å²) in [4.78, 5) is 56.8. The summed E-state index contributed by atoms with van der Waals surface area (Å²) >= 11 is 23.8. The van der Waals surface area contributed by atoms with E-state index in [0.29, 0.717) is 21.2 Å². The highest BCUT2D eigenvalue weighted by Crippen LogP contribution is 2.30. The summed E-state index contributed by atoms with van der Waals surface area (Å²) in [5.41, 5.74) is -2.25. The minimum absolute atomic E-state index is 0.00599. The van der Waals surface area contributed by atoms with Gasteiger partial charge in [-0.05, 0) is 104 Å². The largest absolute Gasteiger partial charge is 0.497 e. The molecule has 0 saturated heterocycles. The molecule has 6 aromatic rings. The van der Waals surface area contributed by atoms with Gasteiger partial charge in [-0.3, -0.25) is 19.0 Å². The highest BCUT2D eigenvalue weighted by molar-refractivity contribution is 7.93. The maximum absolute atomic E-state index is 14.4. The van der Waals surface area contributed by atoms with Crippen LogP contribution in [-0.4, -0.2) is 67.6 Å². The molecule has 0 amide bonds. The van der Waals surface area contributed by atoms with E-state index >= 15 is 0 Å². The monoisotopic (exact) mass is 976 g/mol. The number of ether oxygens (including phenoxy) is 1. The topological polar surface area (TPSA) is 236 Å². The van der Waals surface area contributed by atoms with Gasteiger partial charge in [-0.15, -0.1) is 0 Å². The number of sulfonamides is 2. The van der Waals surface area contributed by atoms with Crippen LogP contribution in [-0.2, 0) is 20.0 Å². The first kappa shape index (κ1) is 47.9. The van der Waals surface area contributed by atoms with Crippen LogP contribution in [0.3, 0.4) is 0 Å². The fraction of sp³-hybridized carbons (Fsp3) is 0.0732. The fourth-order valence-corrected chi connectivity index (χ4v) is 8.41. The number of benzene rings is 4. The van der Waals surface area contributed by atoms with Gasteiger partial charge in [-0.1, -0.05) is 52.5 Å². The van der Waals surface area contributed by atoms with Gasteiger partial charge >= 0.3 is 11.9 Å². The van der Waals surface area contributed by atoms with Gasteiger partial charge in [0.1, 0.15) is 23.0 Å². The molecule has 2 aromatic heterocycles. The Morgan fingerprint density at radius 3 is 1.54 bits per heavy atom. The minimum Gasteiger partial charge on any atom is -0.497 e. The molecular weight excluding hydrogens is 949 g/mol. The van der Waals surface area contributed by atoms with E-state index in [9.17, 15) is 50.6 Å². The molecular formula is C41H29Cl4FN4O11S2. The molecule has 22 heteroatoms. The van der Waals surface area contributed by atoms with Gasteiger partial charge in [0.25, 0.3) is 20.0 Å². The number of anilines is 2. The lowest BCUT2D eigenvalue weighted by molar-refractivity contribution is 0.0683. The zero-order valence-corrected chi connectivity index (χ0v) is 37.1. The Balaban J connectivity index is 0.000000238. The lowest BCUT2D eigenvalue weighted by Gasteiger charge is -2.14. The van der Waals surface area contributed by atoms with Crippen molar-refractivity contribution in [2.45, 2.75) is 23.6 Å². The number of pyridine rings is 2. The van der Waals surface area contributed by atoms with E-state index < -0.39 is 66.2 Å². The number of hydrogen-bond donors (Lipinski definition) is 4. The second-order valence-corrected chi connectivity index (χ2v) is 18.0. The van der Waals surface area contributed by atoms with Gasteiger partial charge in [0, 0.05) is 28.0 Å². The van der Waals surface area contributed by atoms with Crippen LogP contribution in [0.2, 0.25) is 20.1 Å². The van der Waals surface area contributed by atoms with Crippen molar-refractivity contribution in [3.8, 4) is 5.75 Å². The average molecular weight is 979 g/mol. The van der Waals surface area contributed by atoms with Gasteiger partial charge in [-0.25, -0.2) is 40.8 Å². The molecule has 0 unspecified atom stereocenters. The van der Waals surface area contributed by atoms with E-state index in [2.05, 4.69) is 19.4 Å². The second-order valence-electron chi connectivity index (χ2n) is 13.0. The van der Waals surface area contributed by atoms with Crippen LogP contribution in [0.15, 0.2) is 107 Å². The number of aromatic carboxylic acids is 2. The fourth-order valence-electron chi connectivity index (χ4n) is 5.58. The van der Waals surface area contributed by atoms with E-state index in [-0.39, 0.29) is 53.8 Å². The molecule has 0 radical (unpaired) electrons. The minimum atomic E-state index is -4.21. The number of nitrogens with zero attached hydrogens (tertiary/aromatic N) is 2. The van der Waals surface area contributed by atoms with E-state index in [0.717, 1.165) is 36.7 Å². The molecule has 63 heavy (non-hydrogen) atoms. The van der Waals surface area contributed by atoms with Gasteiger partial charge in [0.15, 0.2) is 0 Å². The van der Waals surface area contributed by atoms with Crippen molar-refractivity contribution in [3.05, 3.63) is 168 Å². The first-order valence-corrected chi connectivity index (χ1v) is 21.9. The number of carboxylic acid groups (broad SMARTS) is 2. The third-order valence-electron chi connectivity index (χ3n) is 8.68. The molecule has 0 fully saturated rings. The van der Waals surface area contributed by atoms with Gasteiger partial charge < -0.3 is 14.9 Å². The number of carboxylic acids is 2. The van der Waals surface area contributed by atoms with Crippen LogP contribution in [0.1, 0.15) is 63.9 Å². The molecule has 0 aliphatic heterocycles. The summed E-state index contributed by atoms with van der Waals surface area (Å²) in [7, 11) is -7.00. The summed E-state index contributed by atoms with van der Waals surface area (Å²) in [5, 5.41) is 19.6. The number of methoxy groups -OCH3 is 1. The third kappa shape index (κ3) is 11.1. The number of nitrogens with one attached hydrogen (secondary N) is 2. The van der Waals surface area contributed by atoms with Crippen molar-refractivity contribution in [2.75, 3.05) is 16.6 Å². The number of carbonyl (C=O) groups is 4. The Morgan fingerprint density at radius 2 is 1.10 bits per heavy atom. The Labute approximate surface area is 378 Å². The second kappa shape index (κ2) is 19.5. The SMILES string of the molecule is COc1ccc(C(=O)O)c(C(=O)c2ncc(Cl)cc2NS(=O)(=O)c2ccc(Cl)c(C)c2)c1.Cc1cc(S(=O)(=O)Nc2cc(Cl)cnc2C(=O)c2c(F)cccc2C(=O)O)ccc1Cl. The van der Waals surface area contributed by atoms with Crippen LogP contribution in [0.25, 0.3) is 0 Å². The predicted octanol–water partition coefficient (Wildman–Crippen LogP) is 9.00. The summed E-state index contributed by atoms with van der Waals surface area (Å²) in [5.74, 6) is -5.69. The predicted molar refractivity (Wildman–Crippen MR) is 233 cm³/mol. The molecule has 4 aromatic carbocycles. The van der Waals surface area contributed by atoms with E-state index in [4.69, 9.17) is 51.1 Å². The number of hydrogen-bond acceptors (Lipinski definition) is 11. The van der Waals surface area contributed by atoms with Gasteiger partial charge in [0.05, 0.1) is 55.0 Å². The van der Waals surface area contributed by atoms with Crippen molar-refractivity contribution < 1.29 is 55.4 Å². The lowest BCUT2D eigenvalue weighted by Crippen LogP contribution is -2.19. The number of carbonyl (C=O) groups excluding carboxylic acids is 2. The molecule has 0 bridgehead atoms. The Morgan fingerprint density at radius 1 is 0.619 bits per heavy atom. The van der Waals surface area contributed by atoms with Crippen molar-refractivity contribution in [3.63, 3.8) is 0 Å². The Kier molecular flexibility index (Phi) is 14.8. The maximum Gasteiger partial charge on any atom is 0.336 e. The molecule has 0 aliphatic carbocycles. The number of aryl methyl sites for hydroxylation is 2. The number of aromatic nitrogens is 2. The van der Waals surface area contributed by atoms with Crippen LogP contribution in [0.4, 0.5) is 15.8 Å². The van der Waals surface area contributed by atoms with Crippen LogP contribution >= 0.6 is 46.4 Å². The molecule has 4 N–H and O–H groups in total. The first-order chi connectivity index (χ1) is 29.5. The van der Waals surface area contributed by atoms with Gasteiger partial charge in [0.2, 0.25) is 11.6 Å². The smallest absolute Gasteiger partial charge is 0.336 e. The highest BCUT2D eigenvalue weighted by Gasteiger charge is 2.28. The summed E-state index contributed by atoms with van der Waals surface area (Å²) in [6, 6.07) is 17.4. The third-order valence-corrected chi connectivity index (χ3v) is 12.7. The maximum atomic E-state index is 14.4. The van der Waals surface area contributed by atoms with Crippen molar-refractivity contribution in [1.82, 2.24) is 9.97 Å². The molecule has 0 atom stereocenters. The van der Waals surface area contributed by atoms with Crippen molar-refractivity contribution in [2.24, 2.45) is 0 Å². The standard InChI is InChI=1S/C21H16Cl2N2O6S.C20H13Cl2FN2O5S/c1-11-7-14(4-6-17(11)23)32(29,30)25-18-8-12(22)10-24-19(18)20(26)16-9-13(31-2)3-5-15(16)21(27)28;1-10-7-12(5-6-14(10)22)31(29,30)25-16-8-11(21)9-24-18(16)19(26)17-13(20(27)28)3-2-4-15(17)23/h3-10,25H,1-2H3,(H,27,28);2-9,25H,1H3,(H,27,28). The molecule has 0 saturated carbocycles. The first-order valence-electron chi connectivity index (χ1n) is 17.5.